The van der Waals surface area contributed by atoms with E-state index in [2.05, 4.69) is 22.4 Å². The van der Waals surface area contributed by atoms with E-state index in [0.717, 1.165) is 38.8 Å². The van der Waals surface area contributed by atoms with Crippen molar-refractivity contribution in [2.75, 3.05) is 6.54 Å². The molecule has 0 spiro atoms. The van der Waals surface area contributed by atoms with Crippen LogP contribution >= 0.6 is 11.3 Å². The summed E-state index contributed by atoms with van der Waals surface area (Å²) in [6.07, 6.45) is 7.43. The van der Waals surface area contributed by atoms with Crippen LogP contribution < -0.4 is 5.73 Å². The third-order valence-electron chi connectivity index (χ3n) is 3.56. The largest absolute Gasteiger partial charge is 0.335 e. The molecule has 2 N–H and O–H groups in total. The maximum Gasteiger partial charge on any atom is 0.223 e. The average molecular weight is 280 g/mol. The standard InChI is InChI=1S/C15H24N2OS/c16-10-4-2-1-3-7-15(18)17(13-8-9-13)12-14-6-5-11-19-14/h5-6,11,13H,1-4,7-10,12,16H2. The quantitative estimate of drug-likeness (QED) is 0.706. The summed E-state index contributed by atoms with van der Waals surface area (Å²) in [6, 6.07) is 4.69. The van der Waals surface area contributed by atoms with Crippen LogP contribution in [-0.2, 0) is 11.3 Å². The molecule has 1 fully saturated rings. The van der Waals surface area contributed by atoms with Crippen molar-refractivity contribution in [1.82, 2.24) is 4.90 Å². The molecule has 2 rings (SSSR count). The number of thiophene rings is 1. The van der Waals surface area contributed by atoms with Crippen LogP contribution in [0.4, 0.5) is 0 Å². The summed E-state index contributed by atoms with van der Waals surface area (Å²) in [5.41, 5.74) is 5.47. The van der Waals surface area contributed by atoms with Gasteiger partial charge < -0.3 is 10.6 Å². The van der Waals surface area contributed by atoms with E-state index in [-0.39, 0.29) is 0 Å². The fourth-order valence-corrected chi connectivity index (χ4v) is 3.00. The molecule has 4 heteroatoms. The Labute approximate surface area is 119 Å². The van der Waals surface area contributed by atoms with Crippen molar-refractivity contribution in [3.05, 3.63) is 22.4 Å². The maximum absolute atomic E-state index is 12.3. The molecule has 3 nitrogen and oxygen atoms in total. The van der Waals surface area contributed by atoms with Gasteiger partial charge in [0.1, 0.15) is 0 Å². The number of carbonyl (C=O) groups excluding carboxylic acids is 1. The van der Waals surface area contributed by atoms with E-state index < -0.39 is 0 Å². The second-order valence-corrected chi connectivity index (χ2v) is 6.32. The van der Waals surface area contributed by atoms with Crippen molar-refractivity contribution in [3.63, 3.8) is 0 Å². The Bertz CT molecular complexity index is 374. The average Bonchev–Trinajstić information content (AvgIpc) is 3.12. The van der Waals surface area contributed by atoms with Crippen molar-refractivity contribution in [2.24, 2.45) is 5.73 Å². The van der Waals surface area contributed by atoms with Crippen LogP contribution in [0.3, 0.4) is 0 Å². The van der Waals surface area contributed by atoms with Crippen LogP contribution in [-0.4, -0.2) is 23.4 Å². The number of nitrogens with zero attached hydrogens (tertiary/aromatic N) is 1. The molecule has 0 aliphatic heterocycles. The molecule has 0 radical (unpaired) electrons. The Hall–Kier alpha value is -0.870. The van der Waals surface area contributed by atoms with Gasteiger partial charge in [-0.3, -0.25) is 4.79 Å². The summed E-state index contributed by atoms with van der Waals surface area (Å²) in [4.78, 5) is 15.7. The van der Waals surface area contributed by atoms with Crippen LogP contribution in [0.15, 0.2) is 17.5 Å². The fraction of sp³-hybridized carbons (Fsp3) is 0.667. The molecule has 0 bridgehead atoms. The molecule has 1 aromatic heterocycles. The summed E-state index contributed by atoms with van der Waals surface area (Å²) in [5, 5.41) is 2.08. The Balaban J connectivity index is 1.73. The number of carbonyl (C=O) groups is 1. The van der Waals surface area contributed by atoms with Crippen LogP contribution in [0.2, 0.25) is 0 Å². The van der Waals surface area contributed by atoms with Crippen LogP contribution in [0, 0.1) is 0 Å². The van der Waals surface area contributed by atoms with Gasteiger partial charge in [0, 0.05) is 17.3 Å². The van der Waals surface area contributed by atoms with Gasteiger partial charge in [-0.2, -0.15) is 0 Å². The zero-order chi connectivity index (χ0) is 13.5. The first-order chi connectivity index (χ1) is 9.31. The number of nitrogens with two attached hydrogens (primary N) is 1. The molecular weight excluding hydrogens is 256 g/mol. The summed E-state index contributed by atoms with van der Waals surface area (Å²) in [5.74, 6) is 0.337. The minimum Gasteiger partial charge on any atom is -0.335 e. The van der Waals surface area contributed by atoms with Gasteiger partial charge in [-0.05, 0) is 43.7 Å². The van der Waals surface area contributed by atoms with E-state index in [0.29, 0.717) is 18.4 Å². The van der Waals surface area contributed by atoms with E-state index in [4.69, 9.17) is 5.73 Å². The molecule has 0 unspecified atom stereocenters. The third kappa shape index (κ3) is 4.96. The predicted octanol–water partition coefficient (Wildman–Crippen LogP) is 3.15. The zero-order valence-corrected chi connectivity index (χ0v) is 12.3. The van der Waals surface area contributed by atoms with Gasteiger partial charge in [-0.15, -0.1) is 11.3 Å². The molecule has 106 valence electrons. The maximum atomic E-state index is 12.3. The highest BCUT2D eigenvalue weighted by Crippen LogP contribution is 2.30. The monoisotopic (exact) mass is 280 g/mol. The second-order valence-electron chi connectivity index (χ2n) is 5.29. The first kappa shape index (κ1) is 14.5. The highest BCUT2D eigenvalue weighted by atomic mass is 32.1. The Morgan fingerprint density at radius 2 is 2.11 bits per heavy atom. The molecule has 1 amide bonds. The molecule has 1 aromatic rings. The number of amides is 1. The van der Waals surface area contributed by atoms with E-state index in [1.807, 2.05) is 0 Å². The summed E-state index contributed by atoms with van der Waals surface area (Å²) < 4.78 is 0. The molecule has 19 heavy (non-hydrogen) atoms. The lowest BCUT2D eigenvalue weighted by atomic mass is 10.1. The number of hydrogen-bond acceptors (Lipinski definition) is 3. The molecule has 0 saturated heterocycles. The number of hydrogen-bond donors (Lipinski definition) is 1. The highest BCUT2D eigenvalue weighted by molar-refractivity contribution is 7.09. The second kappa shape index (κ2) is 7.65. The molecule has 0 atom stereocenters. The van der Waals surface area contributed by atoms with Crippen LogP contribution in [0.5, 0.6) is 0 Å². The van der Waals surface area contributed by atoms with Crippen molar-refractivity contribution in [3.8, 4) is 0 Å². The molecule has 0 aromatic carbocycles. The van der Waals surface area contributed by atoms with Gasteiger partial charge in [0.15, 0.2) is 0 Å². The van der Waals surface area contributed by atoms with Gasteiger partial charge in [-0.25, -0.2) is 0 Å². The van der Waals surface area contributed by atoms with E-state index >= 15 is 0 Å². The Morgan fingerprint density at radius 1 is 1.32 bits per heavy atom. The van der Waals surface area contributed by atoms with Gasteiger partial charge in [0.2, 0.25) is 5.91 Å². The van der Waals surface area contributed by atoms with E-state index in [1.165, 1.54) is 17.7 Å². The number of unbranched alkanes of at least 4 members (excludes halogenated alkanes) is 3. The number of rotatable bonds is 9. The van der Waals surface area contributed by atoms with E-state index in [9.17, 15) is 4.79 Å². The highest BCUT2D eigenvalue weighted by Gasteiger charge is 2.32. The minimum atomic E-state index is 0.337. The first-order valence-electron chi connectivity index (χ1n) is 7.33. The lowest BCUT2D eigenvalue weighted by molar-refractivity contribution is -0.132. The third-order valence-corrected chi connectivity index (χ3v) is 4.42. The predicted molar refractivity (Wildman–Crippen MR) is 80.0 cm³/mol. The van der Waals surface area contributed by atoms with Crippen molar-refractivity contribution in [1.29, 1.82) is 0 Å². The van der Waals surface area contributed by atoms with Crippen molar-refractivity contribution in [2.45, 2.75) is 57.5 Å². The van der Waals surface area contributed by atoms with Gasteiger partial charge in [0.25, 0.3) is 0 Å². The van der Waals surface area contributed by atoms with E-state index in [1.54, 1.807) is 11.3 Å². The minimum absolute atomic E-state index is 0.337. The zero-order valence-electron chi connectivity index (χ0n) is 11.5. The first-order valence-corrected chi connectivity index (χ1v) is 8.21. The molecule has 1 saturated carbocycles. The lowest BCUT2D eigenvalue weighted by Gasteiger charge is -2.21. The molecular formula is C15H24N2OS. The molecule has 1 aliphatic carbocycles. The Kier molecular flexibility index (Phi) is 5.86. The van der Waals surface area contributed by atoms with Gasteiger partial charge >= 0.3 is 0 Å². The molecule has 1 aliphatic rings. The molecule has 1 heterocycles. The van der Waals surface area contributed by atoms with Crippen molar-refractivity contribution < 1.29 is 4.79 Å². The van der Waals surface area contributed by atoms with Crippen LogP contribution in [0.25, 0.3) is 0 Å². The smallest absolute Gasteiger partial charge is 0.223 e. The van der Waals surface area contributed by atoms with Crippen LogP contribution in [0.1, 0.15) is 49.8 Å². The summed E-state index contributed by atoms with van der Waals surface area (Å²) in [7, 11) is 0. The van der Waals surface area contributed by atoms with Gasteiger partial charge in [0.05, 0.1) is 6.54 Å². The Morgan fingerprint density at radius 3 is 2.74 bits per heavy atom. The normalized spacial score (nSPS) is 14.6. The summed E-state index contributed by atoms with van der Waals surface area (Å²) >= 11 is 1.74. The van der Waals surface area contributed by atoms with Crippen molar-refractivity contribution >= 4 is 17.2 Å². The topological polar surface area (TPSA) is 46.3 Å². The summed E-state index contributed by atoms with van der Waals surface area (Å²) in [6.45, 7) is 1.57. The fourth-order valence-electron chi connectivity index (χ4n) is 2.30. The SMILES string of the molecule is NCCCCCCC(=O)N(Cc1cccs1)C1CC1. The lowest BCUT2D eigenvalue weighted by Crippen LogP contribution is -2.32. The van der Waals surface area contributed by atoms with Gasteiger partial charge in [-0.1, -0.05) is 18.9 Å².